The van der Waals surface area contributed by atoms with Crippen molar-refractivity contribution in [1.29, 1.82) is 5.26 Å². The molecular weight excluding hydrogens is 182 g/mol. The van der Waals surface area contributed by atoms with E-state index in [9.17, 15) is 4.79 Å². The maximum atomic E-state index is 11.3. The lowest BCUT2D eigenvalue weighted by Crippen LogP contribution is -2.14. The van der Waals surface area contributed by atoms with Crippen molar-refractivity contribution in [3.63, 3.8) is 0 Å². The zero-order valence-corrected chi connectivity index (χ0v) is 8.96. The van der Waals surface area contributed by atoms with Gasteiger partial charge < -0.3 is 9.47 Å². The van der Waals surface area contributed by atoms with Crippen molar-refractivity contribution in [1.82, 2.24) is 0 Å². The third-order valence-electron chi connectivity index (χ3n) is 1.37. The number of rotatable bonds is 4. The molecule has 0 unspecified atom stereocenters. The first-order valence-corrected chi connectivity index (χ1v) is 4.47. The van der Waals surface area contributed by atoms with Gasteiger partial charge in [-0.15, -0.1) is 0 Å². The van der Waals surface area contributed by atoms with E-state index in [1.165, 1.54) is 0 Å². The van der Waals surface area contributed by atoms with Gasteiger partial charge in [-0.05, 0) is 27.7 Å². The zero-order valence-electron chi connectivity index (χ0n) is 8.96. The highest BCUT2D eigenvalue weighted by Crippen LogP contribution is 2.08. The molecule has 0 N–H and O–H groups in total. The summed E-state index contributed by atoms with van der Waals surface area (Å²) in [4.78, 5) is 11.3. The molecule has 0 radical (unpaired) electrons. The molecule has 0 aromatic rings. The van der Waals surface area contributed by atoms with E-state index in [0.717, 1.165) is 0 Å². The van der Waals surface area contributed by atoms with E-state index in [2.05, 4.69) is 0 Å². The Morgan fingerprint density at radius 2 is 2.07 bits per heavy atom. The number of hydrogen-bond donors (Lipinski definition) is 0. The van der Waals surface area contributed by atoms with Crippen LogP contribution in [-0.2, 0) is 14.3 Å². The predicted octanol–water partition coefficient (Wildman–Crippen LogP) is 1.77. The van der Waals surface area contributed by atoms with Gasteiger partial charge in [0.2, 0.25) is 0 Å². The molecule has 0 aliphatic heterocycles. The van der Waals surface area contributed by atoms with Crippen LogP contribution >= 0.6 is 0 Å². The molecule has 0 fully saturated rings. The molecule has 0 aliphatic carbocycles. The van der Waals surface area contributed by atoms with Gasteiger partial charge in [0.05, 0.1) is 12.7 Å². The first-order chi connectivity index (χ1) is 6.52. The van der Waals surface area contributed by atoms with Gasteiger partial charge in [-0.3, -0.25) is 0 Å². The summed E-state index contributed by atoms with van der Waals surface area (Å²) in [6.45, 7) is 7.23. The molecule has 0 aromatic carbocycles. The fraction of sp³-hybridized carbons (Fsp3) is 0.600. The topological polar surface area (TPSA) is 59.3 Å². The molecule has 4 nitrogen and oxygen atoms in total. The van der Waals surface area contributed by atoms with Gasteiger partial charge >= 0.3 is 5.97 Å². The van der Waals surface area contributed by atoms with E-state index in [1.807, 2.05) is 0 Å². The quantitative estimate of drug-likeness (QED) is 0.298. The molecule has 0 aliphatic rings. The second-order valence-electron chi connectivity index (χ2n) is 2.93. The first kappa shape index (κ1) is 12.5. The molecule has 0 aromatic heterocycles. The van der Waals surface area contributed by atoms with Crippen LogP contribution in [0, 0.1) is 11.3 Å². The number of ether oxygens (including phenoxy) is 2. The van der Waals surface area contributed by atoms with Gasteiger partial charge in [0.1, 0.15) is 11.8 Å². The Bertz CT molecular complexity index is 274. The average Bonchev–Trinajstić information content (AvgIpc) is 2.04. The highest BCUT2D eigenvalue weighted by molar-refractivity contribution is 5.93. The van der Waals surface area contributed by atoms with Crippen molar-refractivity contribution in [2.45, 2.75) is 33.8 Å². The molecule has 0 rings (SSSR count). The van der Waals surface area contributed by atoms with Crippen LogP contribution in [0.5, 0.6) is 0 Å². The van der Waals surface area contributed by atoms with E-state index < -0.39 is 5.97 Å². The van der Waals surface area contributed by atoms with Crippen LogP contribution in [0.3, 0.4) is 0 Å². The van der Waals surface area contributed by atoms with Crippen LogP contribution < -0.4 is 0 Å². The van der Waals surface area contributed by atoms with Gasteiger partial charge in [-0.1, -0.05) is 0 Å². The molecule has 4 heteroatoms. The van der Waals surface area contributed by atoms with Crippen molar-refractivity contribution in [2.75, 3.05) is 6.61 Å². The summed E-state index contributed by atoms with van der Waals surface area (Å²) in [5.41, 5.74) is -0.0689. The summed E-state index contributed by atoms with van der Waals surface area (Å²) in [5.74, 6) is -0.325. The Labute approximate surface area is 84.1 Å². The first-order valence-electron chi connectivity index (χ1n) is 4.47. The minimum absolute atomic E-state index is 0.0689. The number of nitrogens with zero attached hydrogens (tertiary/aromatic N) is 1. The van der Waals surface area contributed by atoms with E-state index in [4.69, 9.17) is 14.7 Å². The molecule has 0 saturated carbocycles. The lowest BCUT2D eigenvalue weighted by molar-refractivity contribution is -0.142. The van der Waals surface area contributed by atoms with Crippen LogP contribution in [0.25, 0.3) is 0 Å². The fourth-order valence-electron chi connectivity index (χ4n) is 0.830. The normalized spacial score (nSPS) is 11.7. The Hall–Kier alpha value is -1.50. The second kappa shape index (κ2) is 6.03. The molecule has 0 atom stereocenters. The van der Waals surface area contributed by atoms with Gasteiger partial charge in [0.25, 0.3) is 0 Å². The molecular formula is C10H15NO3. The monoisotopic (exact) mass is 197 g/mol. The maximum absolute atomic E-state index is 11.3. The van der Waals surface area contributed by atoms with Crippen LogP contribution in [0.1, 0.15) is 27.7 Å². The molecule has 0 saturated heterocycles. The van der Waals surface area contributed by atoms with Crippen molar-refractivity contribution in [3.05, 3.63) is 11.3 Å². The second-order valence-corrected chi connectivity index (χ2v) is 2.93. The van der Waals surface area contributed by atoms with E-state index >= 15 is 0 Å². The van der Waals surface area contributed by atoms with Gasteiger partial charge in [-0.2, -0.15) is 5.26 Å². The Morgan fingerprint density at radius 3 is 2.43 bits per heavy atom. The van der Waals surface area contributed by atoms with Crippen molar-refractivity contribution < 1.29 is 14.3 Å². The van der Waals surface area contributed by atoms with Crippen LogP contribution in [0.15, 0.2) is 11.3 Å². The van der Waals surface area contributed by atoms with E-state index in [0.29, 0.717) is 12.4 Å². The number of hydrogen-bond acceptors (Lipinski definition) is 4. The largest absolute Gasteiger partial charge is 0.497 e. The number of carbonyl (C=O) groups excluding carboxylic acids is 1. The number of esters is 1. The summed E-state index contributed by atoms with van der Waals surface area (Å²) in [6, 6.07) is 1.77. The Morgan fingerprint density at radius 1 is 1.50 bits per heavy atom. The average molecular weight is 197 g/mol. The highest BCUT2D eigenvalue weighted by Gasteiger charge is 2.16. The molecule has 14 heavy (non-hydrogen) atoms. The standard InChI is InChI=1S/C10H15NO3/c1-5-13-8(4)9(6-11)10(12)14-7(2)3/h7H,5H2,1-4H3/b9-8-. The maximum Gasteiger partial charge on any atom is 0.352 e. The van der Waals surface area contributed by atoms with E-state index in [1.54, 1.807) is 33.8 Å². The predicted molar refractivity (Wildman–Crippen MR) is 51.2 cm³/mol. The highest BCUT2D eigenvalue weighted by atomic mass is 16.5. The summed E-state index contributed by atoms with van der Waals surface area (Å²) in [7, 11) is 0. The summed E-state index contributed by atoms with van der Waals surface area (Å²) >= 11 is 0. The third kappa shape index (κ3) is 3.94. The Kier molecular flexibility index (Phi) is 5.38. The van der Waals surface area contributed by atoms with Crippen LogP contribution in [0.4, 0.5) is 0 Å². The SMILES string of the molecule is CCO/C(C)=C(/C#N)C(=O)OC(C)C. The summed E-state index contributed by atoms with van der Waals surface area (Å²) < 4.78 is 9.93. The van der Waals surface area contributed by atoms with Crippen LogP contribution in [0.2, 0.25) is 0 Å². The van der Waals surface area contributed by atoms with Crippen molar-refractivity contribution >= 4 is 5.97 Å². The van der Waals surface area contributed by atoms with Gasteiger partial charge in [0, 0.05) is 0 Å². The molecule has 0 bridgehead atoms. The van der Waals surface area contributed by atoms with Crippen molar-refractivity contribution in [3.8, 4) is 6.07 Å². The van der Waals surface area contributed by atoms with Gasteiger partial charge in [0.15, 0.2) is 5.57 Å². The van der Waals surface area contributed by atoms with E-state index in [-0.39, 0.29) is 11.7 Å². The lowest BCUT2D eigenvalue weighted by atomic mass is 10.2. The molecule has 0 spiro atoms. The van der Waals surface area contributed by atoms with Gasteiger partial charge in [-0.25, -0.2) is 4.79 Å². The Balaban J connectivity index is 4.65. The number of carbonyl (C=O) groups is 1. The minimum Gasteiger partial charge on any atom is -0.497 e. The minimum atomic E-state index is -0.631. The number of allylic oxidation sites excluding steroid dienone is 1. The molecule has 0 amide bonds. The summed E-state index contributed by atoms with van der Waals surface area (Å²) in [5, 5.41) is 8.72. The van der Waals surface area contributed by atoms with Crippen molar-refractivity contribution in [2.24, 2.45) is 0 Å². The van der Waals surface area contributed by atoms with Crippen LogP contribution in [-0.4, -0.2) is 18.7 Å². The zero-order chi connectivity index (χ0) is 11.1. The molecule has 78 valence electrons. The fourth-order valence-corrected chi connectivity index (χ4v) is 0.830. The smallest absolute Gasteiger partial charge is 0.352 e. The molecule has 0 heterocycles. The number of nitriles is 1. The summed E-state index contributed by atoms with van der Waals surface area (Å²) in [6.07, 6.45) is -0.236. The third-order valence-corrected chi connectivity index (χ3v) is 1.37. The lowest BCUT2D eigenvalue weighted by Gasteiger charge is -2.09.